The van der Waals surface area contributed by atoms with E-state index in [-0.39, 0.29) is 51.4 Å². The molecule has 1 aromatic heterocycles. The zero-order chi connectivity index (χ0) is 6.97. The zero-order valence-corrected chi connectivity index (χ0v) is 9.70. The summed E-state index contributed by atoms with van der Waals surface area (Å²) in [4.78, 5) is 0. The maximum Gasteiger partial charge on any atom is 1.00 e. The summed E-state index contributed by atoms with van der Waals surface area (Å²) in [5.41, 5.74) is 0. The predicted octanol–water partition coefficient (Wildman–Crippen LogP) is -3.01. The first-order valence-electron chi connectivity index (χ1n) is 3.20. The van der Waals surface area contributed by atoms with Crippen LogP contribution in [0.3, 0.4) is 0 Å². The van der Waals surface area contributed by atoms with Crippen molar-refractivity contribution in [3.8, 4) is 0 Å². The van der Waals surface area contributed by atoms with Crippen molar-refractivity contribution in [1.29, 1.82) is 0 Å². The fourth-order valence-electron chi connectivity index (χ4n) is 1.06. The van der Waals surface area contributed by atoms with Gasteiger partial charge in [0.25, 0.3) is 0 Å². The molecule has 1 aromatic rings. The van der Waals surface area contributed by atoms with Gasteiger partial charge in [0.2, 0.25) is 0 Å². The van der Waals surface area contributed by atoms with Crippen LogP contribution in [0.15, 0.2) is 0 Å². The molecule has 2 rings (SSSR count). The standard InChI is InChI=1S/C6H8N3O.K/c1-5-7-8-6-4-10-3-2-9(5)6;/h1-4H2;/q-1;+1. The first-order valence-corrected chi connectivity index (χ1v) is 3.20. The number of nitrogens with zero attached hydrogens (tertiary/aromatic N) is 3. The van der Waals surface area contributed by atoms with Crippen molar-refractivity contribution in [2.24, 2.45) is 0 Å². The van der Waals surface area contributed by atoms with Gasteiger partial charge in [0, 0.05) is 6.54 Å². The molecule has 2 heterocycles. The Morgan fingerprint density at radius 1 is 1.45 bits per heavy atom. The Morgan fingerprint density at radius 3 is 3.00 bits per heavy atom. The Kier molecular flexibility index (Phi) is 3.54. The van der Waals surface area contributed by atoms with Crippen LogP contribution >= 0.6 is 0 Å². The Hall–Kier alpha value is 0.606. The molecule has 0 aliphatic carbocycles. The summed E-state index contributed by atoms with van der Waals surface area (Å²) in [5.74, 6) is 1.62. The number of rotatable bonds is 0. The van der Waals surface area contributed by atoms with E-state index in [0.29, 0.717) is 6.61 Å². The van der Waals surface area contributed by atoms with Gasteiger partial charge in [0.05, 0.1) is 6.61 Å². The van der Waals surface area contributed by atoms with E-state index in [2.05, 4.69) is 17.1 Å². The second kappa shape index (κ2) is 4.02. The maximum atomic E-state index is 5.16. The van der Waals surface area contributed by atoms with Crippen LogP contribution in [0, 0.1) is 6.92 Å². The van der Waals surface area contributed by atoms with Gasteiger partial charge < -0.3 is 16.2 Å². The number of fused-ring (bicyclic) bond motifs is 1. The molecule has 54 valence electrons. The van der Waals surface area contributed by atoms with E-state index in [1.165, 1.54) is 0 Å². The summed E-state index contributed by atoms with van der Waals surface area (Å²) in [5, 5.41) is 7.70. The van der Waals surface area contributed by atoms with Crippen molar-refractivity contribution in [1.82, 2.24) is 14.8 Å². The van der Waals surface area contributed by atoms with Gasteiger partial charge in [0.15, 0.2) is 5.82 Å². The SMILES string of the molecule is [CH2-]c1nnc2n1CCOC2.[K+]. The van der Waals surface area contributed by atoms with Crippen LogP contribution in [0.5, 0.6) is 0 Å². The van der Waals surface area contributed by atoms with Crippen LogP contribution in [0.1, 0.15) is 11.6 Å². The van der Waals surface area contributed by atoms with Crippen LogP contribution in [-0.2, 0) is 17.9 Å². The minimum absolute atomic E-state index is 0. The largest absolute Gasteiger partial charge is 1.00 e. The molecule has 0 saturated heterocycles. The molecule has 0 N–H and O–H groups in total. The molecule has 0 bridgehead atoms. The molecule has 4 nitrogen and oxygen atoms in total. The monoisotopic (exact) mass is 177 g/mol. The van der Waals surface area contributed by atoms with Crippen molar-refractivity contribution >= 4 is 0 Å². The van der Waals surface area contributed by atoms with Crippen LogP contribution < -0.4 is 51.4 Å². The van der Waals surface area contributed by atoms with Gasteiger partial charge in [-0.25, -0.2) is 0 Å². The molecule has 0 saturated carbocycles. The van der Waals surface area contributed by atoms with Gasteiger partial charge in [-0.2, -0.15) is 5.10 Å². The molecule has 0 aromatic carbocycles. The number of ether oxygens (including phenoxy) is 1. The molecule has 1 aliphatic heterocycles. The van der Waals surface area contributed by atoms with E-state index in [1.807, 2.05) is 4.57 Å². The molecule has 0 atom stereocenters. The van der Waals surface area contributed by atoms with E-state index in [1.54, 1.807) is 0 Å². The third-order valence-electron chi connectivity index (χ3n) is 1.59. The average molecular weight is 177 g/mol. The van der Waals surface area contributed by atoms with Crippen molar-refractivity contribution in [2.75, 3.05) is 6.61 Å². The third-order valence-corrected chi connectivity index (χ3v) is 1.59. The molecule has 5 heteroatoms. The Morgan fingerprint density at radius 2 is 2.27 bits per heavy atom. The first kappa shape index (κ1) is 9.69. The summed E-state index contributed by atoms with van der Waals surface area (Å²) in [6, 6.07) is 0. The zero-order valence-electron chi connectivity index (χ0n) is 6.58. The van der Waals surface area contributed by atoms with E-state index in [4.69, 9.17) is 4.74 Å². The molecule has 1 aliphatic rings. The van der Waals surface area contributed by atoms with Crippen LogP contribution in [0.4, 0.5) is 0 Å². The van der Waals surface area contributed by atoms with E-state index in [0.717, 1.165) is 24.8 Å². The fourth-order valence-corrected chi connectivity index (χ4v) is 1.06. The van der Waals surface area contributed by atoms with E-state index < -0.39 is 0 Å². The molecule has 0 amide bonds. The Labute approximate surface area is 108 Å². The average Bonchev–Trinajstić information content (AvgIpc) is 2.34. The molecule has 11 heavy (non-hydrogen) atoms. The van der Waals surface area contributed by atoms with E-state index >= 15 is 0 Å². The second-order valence-electron chi connectivity index (χ2n) is 2.24. The predicted molar refractivity (Wildman–Crippen MR) is 34.1 cm³/mol. The Bertz CT molecular complexity index is 248. The smallest absolute Gasteiger partial charge is 0.372 e. The Balaban J connectivity index is 0.000000605. The third kappa shape index (κ3) is 1.85. The quantitative estimate of drug-likeness (QED) is 0.313. The van der Waals surface area contributed by atoms with Gasteiger partial charge in [-0.3, -0.25) is 0 Å². The number of aromatic nitrogens is 3. The van der Waals surface area contributed by atoms with Crippen molar-refractivity contribution in [3.63, 3.8) is 0 Å². The van der Waals surface area contributed by atoms with Gasteiger partial charge in [-0.05, 0) is 5.82 Å². The summed E-state index contributed by atoms with van der Waals surface area (Å²) in [6.45, 7) is 5.88. The summed E-state index contributed by atoms with van der Waals surface area (Å²) in [7, 11) is 0. The van der Waals surface area contributed by atoms with Gasteiger partial charge >= 0.3 is 51.4 Å². The normalized spacial score (nSPS) is 15.3. The molecule has 0 fully saturated rings. The molecule has 0 unspecified atom stereocenters. The minimum Gasteiger partial charge on any atom is -0.372 e. The van der Waals surface area contributed by atoms with Crippen molar-refractivity contribution in [3.05, 3.63) is 18.6 Å². The minimum atomic E-state index is 0. The number of hydrogen-bond donors (Lipinski definition) is 0. The molecular formula is C6H8KN3O. The van der Waals surface area contributed by atoms with Crippen molar-refractivity contribution in [2.45, 2.75) is 13.2 Å². The second-order valence-corrected chi connectivity index (χ2v) is 2.24. The van der Waals surface area contributed by atoms with Gasteiger partial charge in [0.1, 0.15) is 6.61 Å². The summed E-state index contributed by atoms with van der Waals surface area (Å²) in [6.07, 6.45) is 0. The van der Waals surface area contributed by atoms with Crippen LogP contribution in [-0.4, -0.2) is 21.4 Å². The maximum absolute atomic E-state index is 5.16. The van der Waals surface area contributed by atoms with Crippen LogP contribution in [0.25, 0.3) is 0 Å². The topological polar surface area (TPSA) is 39.9 Å². The number of hydrogen-bond acceptors (Lipinski definition) is 3. The van der Waals surface area contributed by atoms with E-state index in [9.17, 15) is 0 Å². The molecular weight excluding hydrogens is 169 g/mol. The van der Waals surface area contributed by atoms with Crippen LogP contribution in [0.2, 0.25) is 0 Å². The summed E-state index contributed by atoms with van der Waals surface area (Å²) >= 11 is 0. The molecule has 0 radical (unpaired) electrons. The van der Waals surface area contributed by atoms with Crippen molar-refractivity contribution < 1.29 is 56.1 Å². The first-order chi connectivity index (χ1) is 4.88. The summed E-state index contributed by atoms with van der Waals surface area (Å²) < 4.78 is 7.13. The molecule has 0 spiro atoms. The van der Waals surface area contributed by atoms with Gasteiger partial charge in [-0.15, -0.1) is 5.10 Å². The fraction of sp³-hybridized carbons (Fsp3) is 0.500. The van der Waals surface area contributed by atoms with Gasteiger partial charge in [-0.1, -0.05) is 0 Å².